The smallest absolute Gasteiger partial charge is 0.335 e. The fraction of sp³-hybridized carbons (Fsp3) is 0.273. The van der Waals surface area contributed by atoms with Crippen molar-refractivity contribution in [2.75, 3.05) is 31.1 Å². The third kappa shape index (κ3) is 3.69. The van der Waals surface area contributed by atoms with Crippen LogP contribution in [0.4, 0.5) is 5.82 Å². The number of piperazine rings is 1. The first kappa shape index (κ1) is 20.4. The molecule has 1 fully saturated rings. The maximum absolute atomic E-state index is 12.3. The number of nitrogens with zero attached hydrogens (tertiary/aromatic N) is 5. The van der Waals surface area contributed by atoms with Crippen LogP contribution in [-0.4, -0.2) is 62.8 Å². The first-order chi connectivity index (χ1) is 14.9. The molecule has 9 heteroatoms. The van der Waals surface area contributed by atoms with Crippen LogP contribution >= 0.6 is 0 Å². The van der Waals surface area contributed by atoms with Gasteiger partial charge in [-0.05, 0) is 24.3 Å². The summed E-state index contributed by atoms with van der Waals surface area (Å²) in [5.41, 5.74) is 1.95. The Bertz CT molecular complexity index is 1200. The maximum atomic E-state index is 12.3. The van der Waals surface area contributed by atoms with E-state index in [2.05, 4.69) is 11.1 Å². The molecule has 4 rings (SSSR count). The summed E-state index contributed by atoms with van der Waals surface area (Å²) < 4.78 is 1.76. The molecule has 0 aliphatic carbocycles. The molecule has 0 unspecified atom stereocenters. The number of aliphatic carboxylic acids is 1. The summed E-state index contributed by atoms with van der Waals surface area (Å²) in [6, 6.07) is 9.45. The van der Waals surface area contributed by atoms with Crippen LogP contribution in [0, 0.1) is 11.3 Å². The minimum Gasteiger partial charge on any atom is -0.480 e. The van der Waals surface area contributed by atoms with Crippen LogP contribution in [0.25, 0.3) is 10.9 Å². The van der Waals surface area contributed by atoms with Crippen LogP contribution in [-0.2, 0) is 11.8 Å². The maximum Gasteiger partial charge on any atom is 0.335 e. The van der Waals surface area contributed by atoms with Crippen molar-refractivity contribution in [3.8, 4) is 6.07 Å². The van der Waals surface area contributed by atoms with Crippen molar-refractivity contribution in [3.05, 3.63) is 59.4 Å². The molecular formula is C22H21N5O4. The van der Waals surface area contributed by atoms with Gasteiger partial charge in [0.25, 0.3) is 0 Å². The zero-order valence-corrected chi connectivity index (χ0v) is 16.9. The zero-order valence-electron chi connectivity index (χ0n) is 16.9. The highest BCUT2D eigenvalue weighted by atomic mass is 16.4. The molecule has 0 amide bonds. The topological polar surface area (TPSA) is 123 Å². The summed E-state index contributed by atoms with van der Waals surface area (Å²) in [7, 11) is 1.78. The molecule has 0 spiro atoms. The summed E-state index contributed by atoms with van der Waals surface area (Å²) in [6.07, 6.45) is 3.40. The molecule has 1 saturated heterocycles. The van der Waals surface area contributed by atoms with E-state index in [1.54, 1.807) is 48.3 Å². The Morgan fingerprint density at radius 2 is 1.90 bits per heavy atom. The Balaban J connectivity index is 1.62. The molecular weight excluding hydrogens is 398 g/mol. The van der Waals surface area contributed by atoms with Gasteiger partial charge in [0, 0.05) is 62.1 Å². The first-order valence-corrected chi connectivity index (χ1v) is 9.80. The van der Waals surface area contributed by atoms with Crippen LogP contribution in [0.15, 0.2) is 42.7 Å². The highest BCUT2D eigenvalue weighted by molar-refractivity contribution is 5.96. The number of carboxylic acid groups (broad SMARTS) is 2. The minimum atomic E-state index is -1.03. The number of aromatic carboxylic acids is 1. The predicted molar refractivity (Wildman–Crippen MR) is 113 cm³/mol. The van der Waals surface area contributed by atoms with Gasteiger partial charge in [0.15, 0.2) is 0 Å². The summed E-state index contributed by atoms with van der Waals surface area (Å²) in [6.45, 7) is 2.07. The molecule has 2 N–H and O–H groups in total. The number of hydrogen-bond donors (Lipinski definition) is 2. The van der Waals surface area contributed by atoms with Gasteiger partial charge in [0.1, 0.15) is 17.9 Å². The highest BCUT2D eigenvalue weighted by Gasteiger charge is 2.33. The van der Waals surface area contributed by atoms with Gasteiger partial charge in [-0.2, -0.15) is 5.26 Å². The van der Waals surface area contributed by atoms with Crippen LogP contribution in [0.2, 0.25) is 0 Å². The quantitative estimate of drug-likeness (QED) is 0.645. The molecule has 0 radical (unpaired) electrons. The zero-order chi connectivity index (χ0) is 22.1. The molecule has 31 heavy (non-hydrogen) atoms. The van der Waals surface area contributed by atoms with E-state index >= 15 is 0 Å². The van der Waals surface area contributed by atoms with E-state index < -0.39 is 18.0 Å². The molecule has 158 valence electrons. The number of benzene rings is 1. The molecule has 1 atom stereocenters. The second kappa shape index (κ2) is 8.08. The largest absolute Gasteiger partial charge is 0.480 e. The standard InChI is InChI=1S/C22H21N5O4/c1-25-13-17(16-5-4-14(21(28)29)11-18(16)25)19(22(30)31)26-7-9-27(10-8-26)20-15(12-23)3-2-6-24-20/h2-6,11,13,19H,7-10H2,1H3,(H,28,29)(H,30,31)/t19-/m1/s1. The van der Waals surface area contributed by atoms with Gasteiger partial charge in [0.05, 0.1) is 11.1 Å². The third-order valence-corrected chi connectivity index (χ3v) is 5.68. The van der Waals surface area contributed by atoms with E-state index in [4.69, 9.17) is 0 Å². The lowest BCUT2D eigenvalue weighted by atomic mass is 10.0. The Kier molecular flexibility index (Phi) is 5.31. The minimum absolute atomic E-state index is 0.157. The SMILES string of the molecule is Cn1cc([C@H](C(=O)O)N2CCN(c3ncccc3C#N)CC2)c2ccc(C(=O)O)cc21. The van der Waals surface area contributed by atoms with Crippen LogP contribution in [0.5, 0.6) is 0 Å². The lowest BCUT2D eigenvalue weighted by Crippen LogP contribution is -2.49. The van der Waals surface area contributed by atoms with Gasteiger partial charge in [-0.25, -0.2) is 9.78 Å². The van der Waals surface area contributed by atoms with Crippen molar-refractivity contribution in [1.29, 1.82) is 5.26 Å². The lowest BCUT2D eigenvalue weighted by molar-refractivity contribution is -0.143. The van der Waals surface area contributed by atoms with Crippen molar-refractivity contribution in [2.45, 2.75) is 6.04 Å². The molecule has 0 saturated carbocycles. The van der Waals surface area contributed by atoms with Gasteiger partial charge in [-0.3, -0.25) is 9.69 Å². The molecule has 3 heterocycles. The van der Waals surface area contributed by atoms with Crippen LogP contribution in [0.1, 0.15) is 27.5 Å². The number of nitriles is 1. The Labute approximate surface area is 178 Å². The number of fused-ring (bicyclic) bond motifs is 1. The van der Waals surface area contributed by atoms with E-state index in [9.17, 15) is 25.1 Å². The predicted octanol–water partition coefficient (Wildman–Crippen LogP) is 2.09. The molecule has 0 bridgehead atoms. The van der Waals surface area contributed by atoms with Crippen molar-refractivity contribution in [1.82, 2.24) is 14.5 Å². The van der Waals surface area contributed by atoms with Crippen molar-refractivity contribution in [3.63, 3.8) is 0 Å². The van der Waals surface area contributed by atoms with Gasteiger partial charge in [0.2, 0.25) is 0 Å². The fourth-order valence-corrected chi connectivity index (χ4v) is 4.18. The summed E-state index contributed by atoms with van der Waals surface area (Å²) in [5.74, 6) is -1.37. The van der Waals surface area contributed by atoms with Crippen LogP contribution < -0.4 is 4.90 Å². The second-order valence-corrected chi connectivity index (χ2v) is 7.48. The molecule has 1 aliphatic heterocycles. The van der Waals surface area contributed by atoms with Crippen molar-refractivity contribution in [2.24, 2.45) is 7.05 Å². The number of anilines is 1. The Hall–Kier alpha value is -3.90. The lowest BCUT2D eigenvalue weighted by Gasteiger charge is -2.38. The first-order valence-electron chi connectivity index (χ1n) is 9.80. The van der Waals surface area contributed by atoms with Gasteiger partial charge >= 0.3 is 11.9 Å². The molecule has 2 aromatic heterocycles. The number of hydrogen-bond acceptors (Lipinski definition) is 6. The molecule has 3 aromatic rings. The molecule has 9 nitrogen and oxygen atoms in total. The number of pyridine rings is 1. The normalized spacial score (nSPS) is 15.5. The number of aryl methyl sites for hydroxylation is 1. The average Bonchev–Trinajstić information content (AvgIpc) is 3.09. The molecule has 1 aliphatic rings. The Morgan fingerprint density at radius 3 is 2.55 bits per heavy atom. The number of rotatable bonds is 5. The van der Waals surface area contributed by atoms with E-state index in [1.165, 1.54) is 6.07 Å². The number of carbonyl (C=O) groups is 2. The average molecular weight is 419 g/mol. The summed E-state index contributed by atoms with van der Waals surface area (Å²) >= 11 is 0. The van der Waals surface area contributed by atoms with Crippen LogP contribution in [0.3, 0.4) is 0 Å². The summed E-state index contributed by atoms with van der Waals surface area (Å²) in [4.78, 5) is 31.8. The van der Waals surface area contributed by atoms with Crippen molar-refractivity contribution < 1.29 is 19.8 Å². The fourth-order valence-electron chi connectivity index (χ4n) is 4.18. The van der Waals surface area contributed by atoms with E-state index in [1.807, 2.05) is 9.80 Å². The van der Waals surface area contributed by atoms with E-state index in [0.717, 1.165) is 5.39 Å². The van der Waals surface area contributed by atoms with Gasteiger partial charge in [-0.1, -0.05) is 6.07 Å². The highest BCUT2D eigenvalue weighted by Crippen LogP contribution is 2.32. The van der Waals surface area contributed by atoms with E-state index in [0.29, 0.717) is 48.6 Å². The number of carboxylic acids is 2. The van der Waals surface area contributed by atoms with Crippen molar-refractivity contribution >= 4 is 28.7 Å². The van der Waals surface area contributed by atoms with E-state index in [-0.39, 0.29) is 5.56 Å². The Morgan fingerprint density at radius 1 is 1.16 bits per heavy atom. The van der Waals surface area contributed by atoms with Gasteiger partial charge < -0.3 is 19.7 Å². The number of aromatic nitrogens is 2. The van der Waals surface area contributed by atoms with Gasteiger partial charge in [-0.15, -0.1) is 0 Å². The third-order valence-electron chi connectivity index (χ3n) is 5.68. The molecule has 1 aromatic carbocycles. The second-order valence-electron chi connectivity index (χ2n) is 7.48. The monoisotopic (exact) mass is 419 g/mol. The summed E-state index contributed by atoms with van der Waals surface area (Å²) in [5, 5.41) is 29.3.